The highest BCUT2D eigenvalue weighted by Gasteiger charge is 2.28. The Morgan fingerprint density at radius 1 is 0.292 bits per heavy atom. The molecule has 0 nitrogen and oxygen atoms in total. The molecule has 0 saturated carbocycles. The SMILES string of the molecule is Brc1c(-c2cccc3ccccc23)c(-c2cccc3ccccc23)c(I)c(-c2cccc3ccccc23)c1-c1cccc2ccccc12. The molecule has 0 radical (unpaired) electrons. The van der Waals surface area contributed by atoms with Gasteiger partial charge in [0.1, 0.15) is 0 Å². The van der Waals surface area contributed by atoms with Crippen LogP contribution in [0.3, 0.4) is 0 Å². The third kappa shape index (κ3) is 4.69. The second-order valence-corrected chi connectivity index (χ2v) is 14.1. The van der Waals surface area contributed by atoms with Gasteiger partial charge in [0, 0.05) is 30.3 Å². The molecule has 0 saturated heterocycles. The zero-order valence-corrected chi connectivity index (χ0v) is 29.7. The maximum atomic E-state index is 4.38. The fourth-order valence-electron chi connectivity index (χ4n) is 7.47. The van der Waals surface area contributed by atoms with E-state index in [-0.39, 0.29) is 0 Å². The van der Waals surface area contributed by atoms with Crippen molar-refractivity contribution in [3.8, 4) is 44.5 Å². The van der Waals surface area contributed by atoms with Crippen LogP contribution in [-0.2, 0) is 0 Å². The second kappa shape index (κ2) is 12.0. The van der Waals surface area contributed by atoms with Gasteiger partial charge in [0.2, 0.25) is 0 Å². The minimum Gasteiger partial charge on any atom is -0.0616 e. The van der Waals surface area contributed by atoms with Gasteiger partial charge in [-0.05, 0) is 104 Å². The molecule has 0 spiro atoms. The van der Waals surface area contributed by atoms with Crippen LogP contribution >= 0.6 is 38.5 Å². The summed E-state index contributed by atoms with van der Waals surface area (Å²) in [6, 6.07) is 61.8. The van der Waals surface area contributed by atoms with Crippen molar-refractivity contribution in [2.75, 3.05) is 0 Å². The van der Waals surface area contributed by atoms with E-state index in [9.17, 15) is 0 Å². The largest absolute Gasteiger partial charge is 0.0616 e. The second-order valence-electron chi connectivity index (χ2n) is 12.2. The molecule has 0 aliphatic heterocycles. The molecule has 9 rings (SSSR count). The fraction of sp³-hybridized carbons (Fsp3) is 0. The van der Waals surface area contributed by atoms with Crippen LogP contribution < -0.4 is 0 Å². The highest BCUT2D eigenvalue weighted by molar-refractivity contribution is 14.1. The zero-order chi connectivity index (χ0) is 32.2. The standard InChI is InChI=1S/C46H28BrI/c47-45-41(37-25-9-17-29-13-1-5-21-33(29)37)43(39-27-11-19-31-15-3-7-23-35(31)39)46(48)44(40-28-12-20-32-16-4-8-24-36(32)40)42(45)38-26-10-18-30-14-2-6-22-34(30)38/h1-28H. The molecule has 0 aliphatic carbocycles. The maximum Gasteiger partial charge on any atom is 0.0345 e. The Bertz CT molecular complexity index is 2310. The molecule has 0 atom stereocenters. The van der Waals surface area contributed by atoms with E-state index in [1.54, 1.807) is 0 Å². The van der Waals surface area contributed by atoms with E-state index in [4.69, 9.17) is 0 Å². The number of benzene rings is 9. The lowest BCUT2D eigenvalue weighted by atomic mass is 9.82. The lowest BCUT2D eigenvalue weighted by molar-refractivity contribution is 1.53. The summed E-state index contributed by atoms with van der Waals surface area (Å²) in [6.45, 7) is 0. The van der Waals surface area contributed by atoms with Crippen LogP contribution in [0.15, 0.2) is 174 Å². The van der Waals surface area contributed by atoms with Gasteiger partial charge in [-0.15, -0.1) is 0 Å². The Hall–Kier alpha value is -4.77. The molecule has 226 valence electrons. The first-order valence-electron chi connectivity index (χ1n) is 16.2. The van der Waals surface area contributed by atoms with E-state index < -0.39 is 0 Å². The number of halogens is 2. The van der Waals surface area contributed by atoms with Crippen LogP contribution in [0.1, 0.15) is 0 Å². The van der Waals surface area contributed by atoms with Crippen LogP contribution in [0, 0.1) is 3.57 Å². The van der Waals surface area contributed by atoms with E-state index in [0.717, 1.165) is 4.47 Å². The molecule has 0 aliphatic rings. The predicted molar refractivity (Wildman–Crippen MR) is 219 cm³/mol. The fourth-order valence-corrected chi connectivity index (χ4v) is 9.42. The normalized spacial score (nSPS) is 11.5. The van der Waals surface area contributed by atoms with Crippen molar-refractivity contribution in [1.29, 1.82) is 0 Å². The lowest BCUT2D eigenvalue weighted by Gasteiger charge is -2.26. The van der Waals surface area contributed by atoms with Crippen molar-refractivity contribution in [2.45, 2.75) is 0 Å². The number of rotatable bonds is 4. The number of hydrogen-bond acceptors (Lipinski definition) is 0. The molecular weight excluding hydrogens is 759 g/mol. The summed E-state index contributed by atoms with van der Waals surface area (Å²) in [5.41, 5.74) is 9.78. The molecule has 0 fully saturated rings. The summed E-state index contributed by atoms with van der Waals surface area (Å²) in [4.78, 5) is 0. The van der Waals surface area contributed by atoms with E-state index in [1.165, 1.54) is 91.2 Å². The van der Waals surface area contributed by atoms with Crippen LogP contribution in [0.2, 0.25) is 0 Å². The van der Waals surface area contributed by atoms with E-state index in [1.807, 2.05) is 0 Å². The molecule has 0 N–H and O–H groups in total. The van der Waals surface area contributed by atoms with Crippen LogP contribution in [-0.4, -0.2) is 0 Å². The zero-order valence-electron chi connectivity index (χ0n) is 25.9. The van der Waals surface area contributed by atoms with E-state index in [0.29, 0.717) is 0 Å². The Labute approximate surface area is 302 Å². The molecule has 9 aromatic rings. The summed E-state index contributed by atoms with van der Waals surface area (Å²) in [5, 5.41) is 9.88. The van der Waals surface area contributed by atoms with E-state index in [2.05, 4.69) is 208 Å². The Morgan fingerprint density at radius 2 is 0.542 bits per heavy atom. The van der Waals surface area contributed by atoms with Gasteiger partial charge < -0.3 is 0 Å². The van der Waals surface area contributed by atoms with Crippen molar-refractivity contribution in [3.05, 3.63) is 178 Å². The van der Waals surface area contributed by atoms with Crippen molar-refractivity contribution < 1.29 is 0 Å². The predicted octanol–water partition coefficient (Wildman–Crippen LogP) is 14.3. The summed E-state index contributed by atoms with van der Waals surface area (Å²) in [7, 11) is 0. The van der Waals surface area contributed by atoms with Gasteiger partial charge in [-0.25, -0.2) is 0 Å². The van der Waals surface area contributed by atoms with Gasteiger partial charge >= 0.3 is 0 Å². The third-order valence-corrected chi connectivity index (χ3v) is 11.5. The molecule has 0 aromatic heterocycles. The summed E-state index contributed by atoms with van der Waals surface area (Å²) in [6.07, 6.45) is 0. The van der Waals surface area contributed by atoms with Gasteiger partial charge in [-0.1, -0.05) is 170 Å². The molecule has 0 amide bonds. The molecule has 0 bridgehead atoms. The maximum absolute atomic E-state index is 4.38. The first-order chi connectivity index (χ1) is 23.7. The Balaban J connectivity index is 1.54. The van der Waals surface area contributed by atoms with Crippen molar-refractivity contribution in [2.24, 2.45) is 0 Å². The first kappa shape index (κ1) is 29.4. The smallest absolute Gasteiger partial charge is 0.0345 e. The summed E-state index contributed by atoms with van der Waals surface area (Å²) >= 11 is 7.04. The van der Waals surface area contributed by atoms with Gasteiger partial charge in [-0.3, -0.25) is 0 Å². The van der Waals surface area contributed by atoms with Gasteiger partial charge in [-0.2, -0.15) is 0 Å². The van der Waals surface area contributed by atoms with Crippen LogP contribution in [0.5, 0.6) is 0 Å². The highest BCUT2D eigenvalue weighted by Crippen LogP contribution is 2.54. The minimum atomic E-state index is 1.10. The monoisotopic (exact) mass is 786 g/mol. The van der Waals surface area contributed by atoms with Crippen LogP contribution in [0.25, 0.3) is 87.6 Å². The molecule has 2 heteroatoms. The molecule has 48 heavy (non-hydrogen) atoms. The van der Waals surface area contributed by atoms with Crippen LogP contribution in [0.4, 0.5) is 0 Å². The van der Waals surface area contributed by atoms with Crippen molar-refractivity contribution in [3.63, 3.8) is 0 Å². The van der Waals surface area contributed by atoms with Gasteiger partial charge in [0.25, 0.3) is 0 Å². The number of fused-ring (bicyclic) bond motifs is 4. The van der Waals surface area contributed by atoms with Gasteiger partial charge in [0.05, 0.1) is 0 Å². The van der Waals surface area contributed by atoms with Crippen molar-refractivity contribution in [1.82, 2.24) is 0 Å². The van der Waals surface area contributed by atoms with E-state index >= 15 is 0 Å². The highest BCUT2D eigenvalue weighted by atomic mass is 127. The van der Waals surface area contributed by atoms with Crippen molar-refractivity contribution >= 4 is 81.6 Å². The average Bonchev–Trinajstić information content (AvgIpc) is 3.14. The topological polar surface area (TPSA) is 0 Å². The lowest BCUT2D eigenvalue weighted by Crippen LogP contribution is -2.01. The number of hydrogen-bond donors (Lipinski definition) is 0. The molecule has 9 aromatic carbocycles. The van der Waals surface area contributed by atoms with Gasteiger partial charge in [0.15, 0.2) is 0 Å². The third-order valence-electron chi connectivity index (χ3n) is 9.61. The average molecular weight is 788 g/mol. The quantitative estimate of drug-likeness (QED) is 0.156. The molecule has 0 unspecified atom stereocenters. The molecular formula is C46H28BrI. The summed E-state index contributed by atoms with van der Waals surface area (Å²) in [5.74, 6) is 0. The minimum absolute atomic E-state index is 1.10. The Morgan fingerprint density at radius 3 is 0.854 bits per heavy atom. The summed E-state index contributed by atoms with van der Waals surface area (Å²) < 4.78 is 2.33. The first-order valence-corrected chi connectivity index (χ1v) is 18.0. The Kier molecular flexibility index (Phi) is 7.37. The molecule has 0 heterocycles.